The molecule has 0 aliphatic carbocycles. The van der Waals surface area contributed by atoms with Crippen LogP contribution < -0.4 is 5.73 Å². The summed E-state index contributed by atoms with van der Waals surface area (Å²) in [6, 6.07) is 15.5. The number of aromatic hydroxyl groups is 1. The molecule has 2 aromatic carbocycles. The van der Waals surface area contributed by atoms with E-state index in [-0.39, 0.29) is 18.1 Å². The monoisotopic (exact) mass is 308 g/mol. The van der Waals surface area contributed by atoms with Crippen molar-refractivity contribution in [2.75, 3.05) is 0 Å². The Labute approximate surface area is 135 Å². The Morgan fingerprint density at radius 3 is 2.57 bits per heavy atom. The molecule has 4 heteroatoms. The summed E-state index contributed by atoms with van der Waals surface area (Å²) in [6.45, 7) is 2.80. The molecule has 3 aromatic rings. The number of carbonyl (C=O) groups is 1. The van der Waals surface area contributed by atoms with Gasteiger partial charge in [-0.3, -0.25) is 4.79 Å². The van der Waals surface area contributed by atoms with Crippen LogP contribution in [0.1, 0.15) is 23.7 Å². The molecule has 0 aliphatic heterocycles. The van der Waals surface area contributed by atoms with Crippen LogP contribution in [0.2, 0.25) is 0 Å². The molecule has 118 valence electrons. The fraction of sp³-hybridized carbons (Fsp3) is 0.211. The quantitative estimate of drug-likeness (QED) is 0.761. The summed E-state index contributed by atoms with van der Waals surface area (Å²) in [5.41, 5.74) is 9.64. The van der Waals surface area contributed by atoms with Crippen molar-refractivity contribution in [2.45, 2.75) is 26.3 Å². The molecule has 0 saturated heterocycles. The zero-order valence-electron chi connectivity index (χ0n) is 13.1. The molecule has 0 radical (unpaired) electrons. The molecule has 0 bridgehead atoms. The molecule has 3 rings (SSSR count). The predicted molar refractivity (Wildman–Crippen MR) is 91.4 cm³/mol. The molecule has 0 spiro atoms. The second-order valence-corrected chi connectivity index (χ2v) is 5.70. The van der Waals surface area contributed by atoms with Gasteiger partial charge in [0.2, 0.25) is 5.91 Å². The van der Waals surface area contributed by atoms with Crippen LogP contribution in [0.4, 0.5) is 0 Å². The van der Waals surface area contributed by atoms with Gasteiger partial charge >= 0.3 is 0 Å². The van der Waals surface area contributed by atoms with Crippen molar-refractivity contribution < 1.29 is 9.90 Å². The number of fused-ring (bicyclic) bond motifs is 1. The Morgan fingerprint density at radius 1 is 1.17 bits per heavy atom. The van der Waals surface area contributed by atoms with Gasteiger partial charge in [0.05, 0.1) is 6.42 Å². The molecule has 0 aliphatic rings. The molecule has 23 heavy (non-hydrogen) atoms. The van der Waals surface area contributed by atoms with E-state index in [0.29, 0.717) is 0 Å². The number of nitrogens with two attached hydrogens (primary N) is 1. The Bertz CT molecular complexity index is 851. The minimum atomic E-state index is -0.359. The Morgan fingerprint density at radius 2 is 1.91 bits per heavy atom. The largest absolute Gasteiger partial charge is 0.508 e. The number of phenols is 1. The SMILES string of the molecule is CCc1c(CC(N)=O)c2cc(O)ccc2n1Cc1ccccc1. The van der Waals surface area contributed by atoms with Crippen molar-refractivity contribution in [2.24, 2.45) is 5.73 Å². The minimum absolute atomic E-state index is 0.185. The van der Waals surface area contributed by atoms with E-state index >= 15 is 0 Å². The van der Waals surface area contributed by atoms with Gasteiger partial charge in [0, 0.05) is 23.1 Å². The first kappa shape index (κ1) is 15.2. The van der Waals surface area contributed by atoms with E-state index in [4.69, 9.17) is 5.73 Å². The first-order valence-corrected chi connectivity index (χ1v) is 7.75. The number of carbonyl (C=O) groups excluding carboxylic acids is 1. The van der Waals surface area contributed by atoms with Gasteiger partial charge in [0.25, 0.3) is 0 Å². The zero-order valence-corrected chi connectivity index (χ0v) is 13.1. The average Bonchev–Trinajstić information content (AvgIpc) is 2.80. The lowest BCUT2D eigenvalue weighted by molar-refractivity contribution is -0.117. The fourth-order valence-corrected chi connectivity index (χ4v) is 3.19. The highest BCUT2D eigenvalue weighted by atomic mass is 16.3. The molecule has 0 saturated carbocycles. The predicted octanol–water partition coefficient (Wildman–Crippen LogP) is 2.99. The van der Waals surface area contributed by atoms with Crippen LogP contribution in [0.3, 0.4) is 0 Å². The van der Waals surface area contributed by atoms with Gasteiger partial charge in [0.1, 0.15) is 5.75 Å². The third-order valence-corrected chi connectivity index (χ3v) is 4.14. The molecule has 1 heterocycles. The Kier molecular flexibility index (Phi) is 4.06. The lowest BCUT2D eigenvalue weighted by Gasteiger charge is -2.11. The molecule has 1 aromatic heterocycles. The van der Waals surface area contributed by atoms with E-state index in [1.165, 1.54) is 5.56 Å². The van der Waals surface area contributed by atoms with Gasteiger partial charge in [-0.1, -0.05) is 37.3 Å². The van der Waals surface area contributed by atoms with Gasteiger partial charge in [-0.25, -0.2) is 0 Å². The fourth-order valence-electron chi connectivity index (χ4n) is 3.19. The number of primary amides is 1. The van der Waals surface area contributed by atoms with Crippen LogP contribution in [-0.2, 0) is 24.2 Å². The number of hydrogen-bond donors (Lipinski definition) is 2. The van der Waals surface area contributed by atoms with Crippen molar-refractivity contribution in [3.05, 3.63) is 65.4 Å². The van der Waals surface area contributed by atoms with E-state index < -0.39 is 0 Å². The van der Waals surface area contributed by atoms with Crippen LogP contribution in [0.25, 0.3) is 10.9 Å². The van der Waals surface area contributed by atoms with Crippen molar-refractivity contribution in [3.63, 3.8) is 0 Å². The summed E-state index contributed by atoms with van der Waals surface area (Å²) in [6.07, 6.45) is 0.982. The first-order chi connectivity index (χ1) is 11.1. The van der Waals surface area contributed by atoms with E-state index in [1.807, 2.05) is 24.3 Å². The first-order valence-electron chi connectivity index (χ1n) is 7.75. The van der Waals surface area contributed by atoms with Crippen LogP contribution in [0.5, 0.6) is 5.75 Å². The molecule has 0 unspecified atom stereocenters. The van der Waals surface area contributed by atoms with E-state index in [9.17, 15) is 9.90 Å². The van der Waals surface area contributed by atoms with Crippen molar-refractivity contribution >= 4 is 16.8 Å². The smallest absolute Gasteiger partial charge is 0.221 e. The highest BCUT2D eigenvalue weighted by molar-refractivity contribution is 5.91. The lowest BCUT2D eigenvalue weighted by atomic mass is 10.1. The third kappa shape index (κ3) is 2.93. The van der Waals surface area contributed by atoms with Gasteiger partial charge < -0.3 is 15.4 Å². The third-order valence-electron chi connectivity index (χ3n) is 4.14. The maximum Gasteiger partial charge on any atom is 0.221 e. The number of rotatable bonds is 5. The number of aromatic nitrogens is 1. The van der Waals surface area contributed by atoms with Crippen LogP contribution in [0.15, 0.2) is 48.5 Å². The van der Waals surface area contributed by atoms with E-state index in [1.54, 1.807) is 12.1 Å². The zero-order chi connectivity index (χ0) is 16.4. The Hall–Kier alpha value is -2.75. The number of hydrogen-bond acceptors (Lipinski definition) is 2. The van der Waals surface area contributed by atoms with Crippen molar-refractivity contribution in [1.82, 2.24) is 4.57 Å². The molecule has 0 fully saturated rings. The lowest BCUT2D eigenvalue weighted by Crippen LogP contribution is -2.15. The number of amides is 1. The van der Waals surface area contributed by atoms with E-state index in [0.717, 1.165) is 35.1 Å². The topological polar surface area (TPSA) is 68.2 Å². The molecular weight excluding hydrogens is 288 g/mol. The molecule has 0 atom stereocenters. The van der Waals surface area contributed by atoms with Crippen LogP contribution >= 0.6 is 0 Å². The highest BCUT2D eigenvalue weighted by Gasteiger charge is 2.18. The number of benzene rings is 2. The van der Waals surface area contributed by atoms with Crippen molar-refractivity contribution in [3.8, 4) is 5.75 Å². The molecule has 1 amide bonds. The summed E-state index contributed by atoms with van der Waals surface area (Å²) in [7, 11) is 0. The molecule has 3 N–H and O–H groups in total. The standard InChI is InChI=1S/C19H20N2O2/c1-2-17-16(11-19(20)23)15-10-14(22)8-9-18(15)21(17)12-13-6-4-3-5-7-13/h3-10,22H,2,11-12H2,1H3,(H2,20,23). The summed E-state index contributed by atoms with van der Waals surface area (Å²) >= 11 is 0. The summed E-state index contributed by atoms with van der Waals surface area (Å²) in [4.78, 5) is 11.5. The van der Waals surface area contributed by atoms with Crippen molar-refractivity contribution in [1.29, 1.82) is 0 Å². The normalized spacial score (nSPS) is 11.0. The maximum atomic E-state index is 11.5. The summed E-state index contributed by atoms with van der Waals surface area (Å²) < 4.78 is 2.21. The van der Waals surface area contributed by atoms with Gasteiger partial charge in [-0.05, 0) is 35.7 Å². The molecular formula is C19H20N2O2. The van der Waals surface area contributed by atoms with Gasteiger partial charge in [-0.2, -0.15) is 0 Å². The second-order valence-electron chi connectivity index (χ2n) is 5.70. The minimum Gasteiger partial charge on any atom is -0.508 e. The molecule has 4 nitrogen and oxygen atoms in total. The average molecular weight is 308 g/mol. The number of nitrogens with zero attached hydrogens (tertiary/aromatic N) is 1. The second kappa shape index (κ2) is 6.16. The number of phenolic OH excluding ortho intramolecular Hbond substituents is 1. The summed E-state index contributed by atoms with van der Waals surface area (Å²) in [5, 5.41) is 10.7. The van der Waals surface area contributed by atoms with Gasteiger partial charge in [-0.15, -0.1) is 0 Å². The van der Waals surface area contributed by atoms with Gasteiger partial charge in [0.15, 0.2) is 0 Å². The Balaban J connectivity index is 2.21. The van der Waals surface area contributed by atoms with E-state index in [2.05, 4.69) is 23.6 Å². The summed E-state index contributed by atoms with van der Waals surface area (Å²) in [5.74, 6) is -0.162. The van der Waals surface area contributed by atoms with Crippen LogP contribution in [0, 0.1) is 0 Å². The highest BCUT2D eigenvalue weighted by Crippen LogP contribution is 2.31. The van der Waals surface area contributed by atoms with Crippen LogP contribution in [-0.4, -0.2) is 15.6 Å². The maximum absolute atomic E-state index is 11.5.